The molecule has 188 valence electrons. The van der Waals surface area contributed by atoms with Crippen LogP contribution in [0.4, 0.5) is 0 Å². The fourth-order valence-electron chi connectivity index (χ4n) is 1.77. The third-order valence-corrected chi connectivity index (χ3v) is 3.55. The van der Waals surface area contributed by atoms with E-state index >= 15 is 0 Å². The van der Waals surface area contributed by atoms with Crippen LogP contribution in [0.1, 0.15) is 48.0 Å². The number of amides is 1. The number of carbonyl (C=O) groups excluding carboxylic acids is 3. The molecule has 0 saturated carbocycles. The lowest BCUT2D eigenvalue weighted by Gasteiger charge is -2.07. The first-order chi connectivity index (χ1) is 14.7. The fourth-order valence-corrected chi connectivity index (χ4v) is 1.77. The van der Waals surface area contributed by atoms with Gasteiger partial charge in [-0.25, -0.2) is 4.79 Å². The standard InChI is InChI=1S/C12H24O5.C9H16BNO3.CH4/c1-11(2)4-5-15-6-7-16-8-9-17-10-12(13)14-3;1-7(2)3-4-11-9(13)6-14-5-8(10)12;/h11H,4-10H2,1-3H3;7H,3-6H2,1-2H3,(H,11,13);1H4. The van der Waals surface area contributed by atoms with Crippen molar-refractivity contribution in [3.05, 3.63) is 0 Å². The van der Waals surface area contributed by atoms with Crippen molar-refractivity contribution < 1.29 is 38.1 Å². The highest BCUT2D eigenvalue weighted by molar-refractivity contribution is 6.58. The van der Waals surface area contributed by atoms with E-state index in [-0.39, 0.29) is 39.1 Å². The molecule has 0 aliphatic rings. The predicted molar refractivity (Wildman–Crippen MR) is 125 cm³/mol. The monoisotopic (exact) mass is 461 g/mol. The maximum atomic E-state index is 11.0. The first-order valence-corrected chi connectivity index (χ1v) is 10.6. The molecule has 0 rings (SSSR count). The van der Waals surface area contributed by atoms with Crippen LogP contribution in [0.3, 0.4) is 0 Å². The van der Waals surface area contributed by atoms with E-state index in [9.17, 15) is 14.4 Å². The second-order valence-corrected chi connectivity index (χ2v) is 7.53. The third kappa shape index (κ3) is 33.2. The molecule has 2 radical (unpaired) electrons. The van der Waals surface area contributed by atoms with E-state index in [1.165, 1.54) is 7.11 Å². The Kier molecular flexibility index (Phi) is 28.3. The van der Waals surface area contributed by atoms with E-state index < -0.39 is 5.68 Å². The average Bonchev–Trinajstić information content (AvgIpc) is 2.68. The zero-order chi connectivity index (χ0) is 23.9. The van der Waals surface area contributed by atoms with E-state index in [1.54, 1.807) is 0 Å². The van der Waals surface area contributed by atoms with Gasteiger partial charge in [0.2, 0.25) is 5.91 Å². The van der Waals surface area contributed by atoms with E-state index in [0.29, 0.717) is 44.8 Å². The molecule has 0 aliphatic carbocycles. The van der Waals surface area contributed by atoms with Crippen LogP contribution < -0.4 is 5.32 Å². The highest BCUT2D eigenvalue weighted by Gasteiger charge is 2.02. The van der Waals surface area contributed by atoms with Crippen LogP contribution in [0.5, 0.6) is 0 Å². The van der Waals surface area contributed by atoms with Gasteiger partial charge in [0.15, 0.2) is 7.85 Å². The first-order valence-electron chi connectivity index (χ1n) is 10.6. The van der Waals surface area contributed by atoms with Crippen LogP contribution in [-0.4, -0.2) is 91.9 Å². The predicted octanol–water partition coefficient (Wildman–Crippen LogP) is 1.75. The molecular formula is C22H44BNO8. The molecule has 10 heteroatoms. The van der Waals surface area contributed by atoms with Gasteiger partial charge >= 0.3 is 5.97 Å². The average molecular weight is 461 g/mol. The summed E-state index contributed by atoms with van der Waals surface area (Å²) in [4.78, 5) is 31.9. The zero-order valence-electron chi connectivity index (χ0n) is 19.8. The van der Waals surface area contributed by atoms with Crippen molar-refractivity contribution in [3.63, 3.8) is 0 Å². The molecule has 0 aromatic heterocycles. The summed E-state index contributed by atoms with van der Waals surface area (Å²) in [5.41, 5.74) is -0.569. The van der Waals surface area contributed by atoms with Crippen LogP contribution in [0.25, 0.3) is 0 Å². The summed E-state index contributed by atoms with van der Waals surface area (Å²) < 4.78 is 24.8. The third-order valence-electron chi connectivity index (χ3n) is 3.55. The Morgan fingerprint density at radius 1 is 0.750 bits per heavy atom. The minimum Gasteiger partial charge on any atom is -0.467 e. The number of methoxy groups -OCH3 is 1. The Morgan fingerprint density at radius 2 is 1.28 bits per heavy atom. The molecule has 0 aliphatic heterocycles. The van der Waals surface area contributed by atoms with E-state index in [0.717, 1.165) is 19.4 Å². The van der Waals surface area contributed by atoms with Gasteiger partial charge in [0.05, 0.1) is 40.1 Å². The smallest absolute Gasteiger partial charge is 0.331 e. The Labute approximate surface area is 195 Å². The molecule has 0 heterocycles. The molecule has 0 atom stereocenters. The topological polar surface area (TPSA) is 109 Å². The van der Waals surface area contributed by atoms with Crippen LogP contribution in [0.15, 0.2) is 0 Å². The largest absolute Gasteiger partial charge is 0.467 e. The van der Waals surface area contributed by atoms with E-state index in [4.69, 9.17) is 26.8 Å². The molecule has 0 fully saturated rings. The van der Waals surface area contributed by atoms with Gasteiger partial charge in [-0.1, -0.05) is 35.1 Å². The fraction of sp³-hybridized carbons (Fsp3) is 0.864. The van der Waals surface area contributed by atoms with Gasteiger partial charge < -0.3 is 33.8 Å². The van der Waals surface area contributed by atoms with E-state index in [1.807, 2.05) is 0 Å². The zero-order valence-corrected chi connectivity index (χ0v) is 19.8. The molecule has 0 aromatic carbocycles. The molecule has 0 saturated heterocycles. The van der Waals surface area contributed by atoms with Crippen LogP contribution in [0, 0.1) is 11.8 Å². The molecule has 0 spiro atoms. The number of rotatable bonds is 18. The van der Waals surface area contributed by atoms with E-state index in [2.05, 4.69) is 37.7 Å². The Hall–Kier alpha value is -1.49. The van der Waals surface area contributed by atoms with Crippen molar-refractivity contribution >= 4 is 25.4 Å². The lowest BCUT2D eigenvalue weighted by atomic mass is 10.1. The summed E-state index contributed by atoms with van der Waals surface area (Å²) in [5, 5.41) is 2.67. The summed E-state index contributed by atoms with van der Waals surface area (Å²) in [7, 11) is 6.15. The number of ether oxygens (including phenoxy) is 5. The molecule has 1 N–H and O–H groups in total. The number of nitrogens with one attached hydrogen (secondary N) is 1. The van der Waals surface area contributed by atoms with Gasteiger partial charge in [-0.15, -0.1) is 0 Å². The Balaban J connectivity index is -0.000000519. The maximum Gasteiger partial charge on any atom is 0.331 e. The van der Waals surface area contributed by atoms with Gasteiger partial charge in [0.25, 0.3) is 0 Å². The minimum atomic E-state index is -0.569. The Bertz CT molecular complexity index is 461. The number of carbonyl (C=O) groups is 3. The van der Waals surface area contributed by atoms with Crippen LogP contribution >= 0.6 is 0 Å². The van der Waals surface area contributed by atoms with Crippen molar-refractivity contribution in [2.45, 2.75) is 48.0 Å². The van der Waals surface area contributed by atoms with Crippen molar-refractivity contribution in [3.8, 4) is 0 Å². The van der Waals surface area contributed by atoms with Gasteiger partial charge in [0.1, 0.15) is 18.9 Å². The molecule has 9 nitrogen and oxygen atoms in total. The van der Waals surface area contributed by atoms with Crippen molar-refractivity contribution in [1.29, 1.82) is 0 Å². The van der Waals surface area contributed by atoms with Gasteiger partial charge in [0, 0.05) is 13.2 Å². The lowest BCUT2D eigenvalue weighted by molar-refractivity contribution is -0.146. The minimum absolute atomic E-state index is 0. The summed E-state index contributed by atoms with van der Waals surface area (Å²) in [5.74, 6) is 0.637. The first kappa shape index (κ1) is 35.1. The number of hydrogen-bond donors (Lipinski definition) is 1. The van der Waals surface area contributed by atoms with Gasteiger partial charge in [-0.05, 0) is 24.7 Å². The quantitative estimate of drug-likeness (QED) is 0.187. The molecular weight excluding hydrogens is 417 g/mol. The van der Waals surface area contributed by atoms with Gasteiger partial charge in [-0.3, -0.25) is 4.79 Å². The SMILES string of the molecule is C.COC(=O)COCCOCCOCCC(C)C.[B]C(=O)COCC(=O)NCCC(C)C. The molecule has 0 bridgehead atoms. The highest BCUT2D eigenvalue weighted by atomic mass is 16.6. The number of hydrogen-bond acceptors (Lipinski definition) is 8. The van der Waals surface area contributed by atoms with Crippen molar-refractivity contribution in [2.24, 2.45) is 11.8 Å². The van der Waals surface area contributed by atoms with Crippen molar-refractivity contribution in [2.75, 3.05) is 66.5 Å². The van der Waals surface area contributed by atoms with Gasteiger partial charge in [-0.2, -0.15) is 0 Å². The lowest BCUT2D eigenvalue weighted by Crippen LogP contribution is -2.30. The normalized spacial score (nSPS) is 10.2. The van der Waals surface area contributed by atoms with Crippen molar-refractivity contribution in [1.82, 2.24) is 5.32 Å². The van der Waals surface area contributed by atoms with Crippen LogP contribution in [0.2, 0.25) is 0 Å². The molecule has 32 heavy (non-hydrogen) atoms. The molecule has 0 aromatic rings. The van der Waals surface area contributed by atoms with Crippen LogP contribution in [-0.2, 0) is 38.1 Å². The second-order valence-electron chi connectivity index (χ2n) is 7.53. The Morgan fingerprint density at radius 3 is 1.78 bits per heavy atom. The molecule has 0 unspecified atom stereocenters. The molecule has 1 amide bonds. The summed E-state index contributed by atoms with van der Waals surface area (Å²) in [6.45, 7) is 11.6. The highest BCUT2D eigenvalue weighted by Crippen LogP contribution is 1.98. The maximum absolute atomic E-state index is 11.0. The summed E-state index contributed by atoms with van der Waals surface area (Å²) >= 11 is 0. The summed E-state index contributed by atoms with van der Waals surface area (Å²) in [6, 6.07) is 0. The summed E-state index contributed by atoms with van der Waals surface area (Å²) in [6.07, 6.45) is 2.00. The second kappa shape index (κ2) is 25.8. The number of esters is 1.